The molecule has 3 aromatic carbocycles. The molecule has 0 bridgehead atoms. The van der Waals surface area contributed by atoms with E-state index in [2.05, 4.69) is 5.32 Å². The summed E-state index contributed by atoms with van der Waals surface area (Å²) in [6.07, 6.45) is 1.88. The van der Waals surface area contributed by atoms with E-state index in [4.69, 9.17) is 4.74 Å². The summed E-state index contributed by atoms with van der Waals surface area (Å²) in [5, 5.41) is 26.5. The third kappa shape index (κ3) is 5.99. The fourth-order valence-corrected chi connectivity index (χ4v) is 4.43. The number of nitro benzene ring substituents is 2. The van der Waals surface area contributed by atoms with Crippen LogP contribution in [0.5, 0.6) is 0 Å². The first-order valence-corrected chi connectivity index (χ1v) is 11.7. The predicted octanol–water partition coefficient (Wildman–Crippen LogP) is 4.79. The molecule has 1 heterocycles. The van der Waals surface area contributed by atoms with Crippen LogP contribution in [0.3, 0.4) is 0 Å². The Balaban J connectivity index is 1.86. The van der Waals surface area contributed by atoms with Gasteiger partial charge in [-0.3, -0.25) is 25.0 Å². The number of fused-ring (bicyclic) bond motifs is 1. The molecule has 1 aromatic heterocycles. The molecular weight excluding hydrogens is 476 g/mol. The Bertz CT molecular complexity index is 1430. The third-order valence-electron chi connectivity index (χ3n) is 6.18. The van der Waals surface area contributed by atoms with Gasteiger partial charge in [-0.25, -0.2) is 0 Å². The predicted molar refractivity (Wildman–Crippen MR) is 139 cm³/mol. The fourth-order valence-electron chi connectivity index (χ4n) is 4.43. The zero-order valence-electron chi connectivity index (χ0n) is 20.2. The van der Waals surface area contributed by atoms with Gasteiger partial charge in [0, 0.05) is 73.9 Å². The van der Waals surface area contributed by atoms with Crippen LogP contribution in [-0.4, -0.2) is 40.6 Å². The van der Waals surface area contributed by atoms with Crippen molar-refractivity contribution in [1.82, 2.24) is 9.88 Å². The van der Waals surface area contributed by atoms with E-state index in [-0.39, 0.29) is 23.7 Å². The molecule has 4 aromatic rings. The number of nitrogens with zero attached hydrogens (tertiary/aromatic N) is 3. The second-order valence-corrected chi connectivity index (χ2v) is 8.61. The molecule has 0 spiro atoms. The summed E-state index contributed by atoms with van der Waals surface area (Å²) in [5.41, 5.74) is 2.88. The van der Waals surface area contributed by atoms with Crippen LogP contribution in [0.25, 0.3) is 10.9 Å². The minimum absolute atomic E-state index is 0.00196. The van der Waals surface area contributed by atoms with Gasteiger partial charge in [-0.2, -0.15) is 0 Å². The second kappa shape index (κ2) is 11.4. The summed E-state index contributed by atoms with van der Waals surface area (Å²) < 4.78 is 6.99. The van der Waals surface area contributed by atoms with Crippen LogP contribution in [0, 0.1) is 20.2 Å². The molecule has 0 aliphatic rings. The van der Waals surface area contributed by atoms with Gasteiger partial charge >= 0.3 is 0 Å². The number of carbonyl (C=O) groups is 1. The van der Waals surface area contributed by atoms with Gasteiger partial charge in [-0.15, -0.1) is 0 Å². The summed E-state index contributed by atoms with van der Waals surface area (Å²) in [7, 11) is 1.53. The number of benzene rings is 3. The molecule has 1 atom stereocenters. The summed E-state index contributed by atoms with van der Waals surface area (Å²) in [5.74, 6) is -0.841. The highest BCUT2D eigenvalue weighted by molar-refractivity contribution is 5.88. The van der Waals surface area contributed by atoms with Crippen molar-refractivity contribution in [3.05, 3.63) is 116 Å². The van der Waals surface area contributed by atoms with E-state index in [0.717, 1.165) is 11.1 Å². The van der Waals surface area contributed by atoms with Gasteiger partial charge < -0.3 is 14.6 Å². The lowest BCUT2D eigenvalue weighted by Gasteiger charge is -2.17. The van der Waals surface area contributed by atoms with Gasteiger partial charge in [0.25, 0.3) is 11.4 Å². The van der Waals surface area contributed by atoms with Crippen LogP contribution in [0.15, 0.2) is 79.0 Å². The molecule has 0 radical (unpaired) electrons. The summed E-state index contributed by atoms with van der Waals surface area (Å²) in [6, 6.07) is 20.6. The first kappa shape index (κ1) is 25.5. The van der Waals surface area contributed by atoms with Gasteiger partial charge in [-0.1, -0.05) is 42.5 Å². The first-order valence-electron chi connectivity index (χ1n) is 11.7. The average molecular weight is 503 g/mol. The molecule has 0 saturated carbocycles. The van der Waals surface area contributed by atoms with E-state index in [0.29, 0.717) is 36.2 Å². The Morgan fingerprint density at radius 2 is 1.70 bits per heavy atom. The van der Waals surface area contributed by atoms with E-state index in [1.165, 1.54) is 31.4 Å². The molecule has 0 aliphatic heterocycles. The standard InChI is InChI=1S/C27H26N4O6/c1-37-13-12-28-27(32)16-23(20-8-5-9-21(14-20)30(33)34)25-18-29(17-19-6-3-2-4-7-19)26-11-10-22(31(35)36)15-24(25)26/h2-11,14-15,18,23H,12-13,16-17H2,1H3,(H,28,32)/t23-/m1/s1. The molecular formula is C27H26N4O6. The molecule has 4 rings (SSSR count). The van der Waals surface area contributed by atoms with Gasteiger partial charge in [0.1, 0.15) is 0 Å². The minimum Gasteiger partial charge on any atom is -0.383 e. The normalized spacial score (nSPS) is 11.8. The van der Waals surface area contributed by atoms with E-state index in [1.54, 1.807) is 18.2 Å². The van der Waals surface area contributed by atoms with Crippen molar-refractivity contribution in [2.75, 3.05) is 20.3 Å². The summed E-state index contributed by atoms with van der Waals surface area (Å²) in [6.45, 7) is 1.17. The van der Waals surface area contributed by atoms with Crippen molar-refractivity contribution in [3.63, 3.8) is 0 Å². The van der Waals surface area contributed by atoms with E-state index < -0.39 is 15.8 Å². The highest BCUT2D eigenvalue weighted by Crippen LogP contribution is 2.37. The van der Waals surface area contributed by atoms with Gasteiger partial charge in [0.2, 0.25) is 5.91 Å². The highest BCUT2D eigenvalue weighted by atomic mass is 16.6. The number of carbonyl (C=O) groups excluding carboxylic acids is 1. The number of ether oxygens (including phenoxy) is 1. The number of methoxy groups -OCH3 is 1. The SMILES string of the molecule is COCCNC(=O)C[C@H](c1cccc([N+](=O)[O-])c1)c1cn(Cc2ccccc2)c2ccc([N+](=O)[O-])cc12. The lowest BCUT2D eigenvalue weighted by molar-refractivity contribution is -0.385. The topological polar surface area (TPSA) is 130 Å². The first-order chi connectivity index (χ1) is 17.9. The maximum Gasteiger partial charge on any atom is 0.270 e. The molecule has 190 valence electrons. The van der Waals surface area contributed by atoms with Crippen LogP contribution in [-0.2, 0) is 16.1 Å². The van der Waals surface area contributed by atoms with Crippen molar-refractivity contribution >= 4 is 28.2 Å². The minimum atomic E-state index is -0.580. The van der Waals surface area contributed by atoms with Crippen LogP contribution in [0.2, 0.25) is 0 Å². The van der Waals surface area contributed by atoms with Crippen LogP contribution in [0.1, 0.15) is 29.0 Å². The third-order valence-corrected chi connectivity index (χ3v) is 6.18. The maximum absolute atomic E-state index is 12.9. The monoisotopic (exact) mass is 502 g/mol. The van der Waals surface area contributed by atoms with Crippen molar-refractivity contribution in [1.29, 1.82) is 0 Å². The maximum atomic E-state index is 12.9. The Morgan fingerprint density at radius 1 is 0.973 bits per heavy atom. The van der Waals surface area contributed by atoms with Crippen molar-refractivity contribution in [2.45, 2.75) is 18.9 Å². The zero-order valence-corrected chi connectivity index (χ0v) is 20.2. The molecule has 1 amide bonds. The van der Waals surface area contributed by atoms with Crippen molar-refractivity contribution in [3.8, 4) is 0 Å². The number of hydrogen-bond donors (Lipinski definition) is 1. The number of amides is 1. The molecule has 10 nitrogen and oxygen atoms in total. The Morgan fingerprint density at radius 3 is 2.41 bits per heavy atom. The molecule has 0 saturated heterocycles. The number of hydrogen-bond acceptors (Lipinski definition) is 6. The smallest absolute Gasteiger partial charge is 0.270 e. The van der Waals surface area contributed by atoms with Crippen molar-refractivity contribution < 1.29 is 19.4 Å². The Kier molecular flexibility index (Phi) is 7.89. The molecule has 0 unspecified atom stereocenters. The lowest BCUT2D eigenvalue weighted by Crippen LogP contribution is -2.28. The number of rotatable bonds is 11. The molecule has 1 N–H and O–H groups in total. The molecule has 0 fully saturated rings. The van der Waals surface area contributed by atoms with E-state index >= 15 is 0 Å². The van der Waals surface area contributed by atoms with Crippen LogP contribution in [0.4, 0.5) is 11.4 Å². The number of nitro groups is 2. The molecule has 37 heavy (non-hydrogen) atoms. The average Bonchev–Trinajstić information content (AvgIpc) is 3.25. The summed E-state index contributed by atoms with van der Waals surface area (Å²) >= 11 is 0. The number of nitrogens with one attached hydrogen (secondary N) is 1. The highest BCUT2D eigenvalue weighted by Gasteiger charge is 2.25. The largest absolute Gasteiger partial charge is 0.383 e. The van der Waals surface area contributed by atoms with E-state index in [1.807, 2.05) is 41.1 Å². The lowest BCUT2D eigenvalue weighted by atomic mass is 9.87. The quantitative estimate of drug-likeness (QED) is 0.178. The zero-order chi connectivity index (χ0) is 26.4. The van der Waals surface area contributed by atoms with Gasteiger partial charge in [0.15, 0.2) is 0 Å². The number of aromatic nitrogens is 1. The Hall–Kier alpha value is -4.57. The second-order valence-electron chi connectivity index (χ2n) is 8.61. The van der Waals surface area contributed by atoms with Crippen LogP contribution < -0.4 is 5.32 Å². The fraction of sp³-hybridized carbons (Fsp3) is 0.222. The summed E-state index contributed by atoms with van der Waals surface area (Å²) in [4.78, 5) is 35.0. The number of non-ortho nitro benzene ring substituents is 2. The Labute approximate surface area is 212 Å². The van der Waals surface area contributed by atoms with Gasteiger partial charge in [-0.05, 0) is 22.8 Å². The molecule has 0 aliphatic carbocycles. The van der Waals surface area contributed by atoms with E-state index in [9.17, 15) is 25.0 Å². The van der Waals surface area contributed by atoms with Crippen molar-refractivity contribution in [2.24, 2.45) is 0 Å². The van der Waals surface area contributed by atoms with Gasteiger partial charge in [0.05, 0.1) is 16.5 Å². The molecule has 10 heteroatoms. The van der Waals surface area contributed by atoms with Crippen LogP contribution >= 0.6 is 0 Å².